The molecule has 0 unspecified atom stereocenters. The Hall–Kier alpha value is -1.98. The first-order valence-electron chi connectivity index (χ1n) is 8.64. The molecule has 1 saturated heterocycles. The van der Waals surface area contributed by atoms with E-state index >= 15 is 0 Å². The molecule has 0 aliphatic carbocycles. The van der Waals surface area contributed by atoms with Gasteiger partial charge in [0.05, 0.1) is 5.69 Å². The first-order valence-corrected chi connectivity index (χ1v) is 8.64. The van der Waals surface area contributed by atoms with Gasteiger partial charge < -0.3 is 19.7 Å². The molecule has 2 heterocycles. The Kier molecular flexibility index (Phi) is 7.75. The molecule has 0 spiro atoms. The molecule has 1 aliphatic heterocycles. The Labute approximate surface area is 174 Å². The van der Waals surface area contributed by atoms with Crippen LogP contribution in [0.15, 0.2) is 29.5 Å². The number of nitrogens with one attached hydrogen (secondary N) is 1. The summed E-state index contributed by atoms with van der Waals surface area (Å²) in [5, 5.41) is 11.2. The first kappa shape index (κ1) is 21.3. The molecule has 27 heavy (non-hydrogen) atoms. The monoisotopic (exact) mass is 491 g/mol. The van der Waals surface area contributed by atoms with E-state index in [2.05, 4.69) is 25.4 Å². The highest BCUT2D eigenvalue weighted by Gasteiger charge is 2.22. The molecule has 0 bridgehead atoms. The summed E-state index contributed by atoms with van der Waals surface area (Å²) in [7, 11) is 1.88. The van der Waals surface area contributed by atoms with Crippen molar-refractivity contribution >= 4 is 35.6 Å². The second-order valence-electron chi connectivity index (χ2n) is 6.10. The normalized spacial score (nSPS) is 14.9. The molecular weight excluding hydrogens is 467 g/mol. The SMILES string of the molecule is CCNC(=NCc1nncn1C)N1CCN(c2cc(F)ccc2F)CC1.I. The summed E-state index contributed by atoms with van der Waals surface area (Å²) in [5.74, 6) is 0.737. The number of halogens is 3. The number of rotatable bonds is 4. The maximum atomic E-state index is 14.0. The average Bonchev–Trinajstić information content (AvgIpc) is 3.06. The summed E-state index contributed by atoms with van der Waals surface area (Å²) in [6.45, 7) is 5.70. The average molecular weight is 491 g/mol. The summed E-state index contributed by atoms with van der Waals surface area (Å²) < 4.78 is 29.2. The fourth-order valence-corrected chi connectivity index (χ4v) is 2.91. The van der Waals surface area contributed by atoms with Gasteiger partial charge >= 0.3 is 0 Å². The van der Waals surface area contributed by atoms with E-state index in [0.29, 0.717) is 38.4 Å². The highest BCUT2D eigenvalue weighted by Crippen LogP contribution is 2.22. The third-order valence-electron chi connectivity index (χ3n) is 4.34. The zero-order valence-electron chi connectivity index (χ0n) is 15.4. The maximum absolute atomic E-state index is 14.0. The van der Waals surface area contributed by atoms with Crippen molar-refractivity contribution in [1.82, 2.24) is 25.0 Å². The van der Waals surface area contributed by atoms with Gasteiger partial charge in [0.15, 0.2) is 11.8 Å². The second kappa shape index (κ2) is 9.81. The van der Waals surface area contributed by atoms with Crippen LogP contribution in [0.1, 0.15) is 12.7 Å². The Bertz CT molecular complexity index is 772. The van der Waals surface area contributed by atoms with E-state index in [-0.39, 0.29) is 24.0 Å². The predicted molar refractivity (Wildman–Crippen MR) is 111 cm³/mol. The van der Waals surface area contributed by atoms with Crippen molar-refractivity contribution in [3.8, 4) is 0 Å². The van der Waals surface area contributed by atoms with Crippen LogP contribution in [0.3, 0.4) is 0 Å². The highest BCUT2D eigenvalue weighted by atomic mass is 127. The molecule has 148 valence electrons. The smallest absolute Gasteiger partial charge is 0.194 e. The molecule has 1 aliphatic rings. The highest BCUT2D eigenvalue weighted by molar-refractivity contribution is 14.0. The number of hydrogen-bond acceptors (Lipinski definition) is 4. The van der Waals surface area contributed by atoms with E-state index < -0.39 is 11.6 Å². The molecule has 0 amide bonds. The van der Waals surface area contributed by atoms with Crippen molar-refractivity contribution in [3.63, 3.8) is 0 Å². The van der Waals surface area contributed by atoms with Crippen LogP contribution >= 0.6 is 24.0 Å². The van der Waals surface area contributed by atoms with E-state index in [1.54, 1.807) is 6.33 Å². The minimum absolute atomic E-state index is 0. The summed E-state index contributed by atoms with van der Waals surface area (Å²) in [5.41, 5.74) is 0.311. The molecule has 0 saturated carbocycles. The number of aryl methyl sites for hydroxylation is 1. The molecule has 2 aromatic rings. The summed E-state index contributed by atoms with van der Waals surface area (Å²) in [6, 6.07) is 3.55. The molecule has 1 aromatic heterocycles. The van der Waals surface area contributed by atoms with Crippen LogP contribution in [0.4, 0.5) is 14.5 Å². The van der Waals surface area contributed by atoms with E-state index in [9.17, 15) is 8.78 Å². The van der Waals surface area contributed by atoms with Crippen LogP contribution in [0.5, 0.6) is 0 Å². The predicted octanol–water partition coefficient (Wildman–Crippen LogP) is 2.00. The largest absolute Gasteiger partial charge is 0.366 e. The van der Waals surface area contributed by atoms with Crippen molar-refractivity contribution < 1.29 is 8.78 Å². The molecule has 1 N–H and O–H groups in total. The lowest BCUT2D eigenvalue weighted by Crippen LogP contribution is -2.52. The molecule has 0 atom stereocenters. The number of aliphatic imine (C=N–C) groups is 1. The van der Waals surface area contributed by atoms with Crippen molar-refractivity contribution in [3.05, 3.63) is 42.0 Å². The van der Waals surface area contributed by atoms with Crippen molar-refractivity contribution in [2.24, 2.45) is 12.0 Å². The second-order valence-corrected chi connectivity index (χ2v) is 6.10. The first-order chi connectivity index (χ1) is 12.6. The quantitative estimate of drug-likeness (QED) is 0.403. The van der Waals surface area contributed by atoms with Gasteiger partial charge in [0, 0.05) is 45.8 Å². The zero-order valence-corrected chi connectivity index (χ0v) is 17.7. The fraction of sp³-hybridized carbons (Fsp3) is 0.471. The fourth-order valence-electron chi connectivity index (χ4n) is 2.91. The summed E-state index contributed by atoms with van der Waals surface area (Å²) >= 11 is 0. The zero-order chi connectivity index (χ0) is 18.5. The summed E-state index contributed by atoms with van der Waals surface area (Å²) in [4.78, 5) is 8.61. The lowest BCUT2D eigenvalue weighted by molar-refractivity contribution is 0.370. The van der Waals surface area contributed by atoms with Crippen LogP contribution in [-0.2, 0) is 13.6 Å². The van der Waals surface area contributed by atoms with Gasteiger partial charge in [0.1, 0.15) is 24.5 Å². The maximum Gasteiger partial charge on any atom is 0.194 e. The topological polar surface area (TPSA) is 61.6 Å². The summed E-state index contributed by atoms with van der Waals surface area (Å²) in [6.07, 6.45) is 1.64. The Morgan fingerprint density at radius 1 is 1.22 bits per heavy atom. The minimum atomic E-state index is -0.428. The number of guanidine groups is 1. The van der Waals surface area contributed by atoms with Gasteiger partial charge in [-0.25, -0.2) is 13.8 Å². The van der Waals surface area contributed by atoms with Crippen LogP contribution in [0.2, 0.25) is 0 Å². The Balaban J connectivity index is 0.00000261. The van der Waals surface area contributed by atoms with Gasteiger partial charge in [-0.15, -0.1) is 34.2 Å². The molecule has 10 heteroatoms. The van der Waals surface area contributed by atoms with Crippen molar-refractivity contribution in [1.29, 1.82) is 0 Å². The molecule has 0 radical (unpaired) electrons. The number of aromatic nitrogens is 3. The van der Waals surface area contributed by atoms with Crippen molar-refractivity contribution in [2.75, 3.05) is 37.6 Å². The van der Waals surface area contributed by atoms with Gasteiger partial charge in [0.25, 0.3) is 0 Å². The van der Waals surface area contributed by atoms with E-state index in [1.165, 1.54) is 12.1 Å². The van der Waals surface area contributed by atoms with Gasteiger partial charge in [-0.1, -0.05) is 0 Å². The van der Waals surface area contributed by atoms with Crippen LogP contribution in [0.25, 0.3) is 0 Å². The van der Waals surface area contributed by atoms with Gasteiger partial charge in [-0.05, 0) is 19.1 Å². The van der Waals surface area contributed by atoms with E-state index in [4.69, 9.17) is 0 Å². The molecule has 1 fully saturated rings. The van der Waals surface area contributed by atoms with Crippen LogP contribution in [-0.4, -0.2) is 58.3 Å². The van der Waals surface area contributed by atoms with Crippen molar-refractivity contribution in [2.45, 2.75) is 13.5 Å². The van der Waals surface area contributed by atoms with Crippen LogP contribution < -0.4 is 10.2 Å². The molecule has 3 rings (SSSR count). The molecular formula is C17H24F2IN7. The Morgan fingerprint density at radius 3 is 2.59 bits per heavy atom. The lowest BCUT2D eigenvalue weighted by Gasteiger charge is -2.37. The third kappa shape index (κ3) is 5.27. The van der Waals surface area contributed by atoms with Gasteiger partial charge in [-0.2, -0.15) is 0 Å². The van der Waals surface area contributed by atoms with Gasteiger partial charge in [-0.3, -0.25) is 0 Å². The molecule has 1 aromatic carbocycles. The molecule has 7 nitrogen and oxygen atoms in total. The number of hydrogen-bond donors (Lipinski definition) is 1. The number of piperazine rings is 1. The lowest BCUT2D eigenvalue weighted by atomic mass is 10.2. The third-order valence-corrected chi connectivity index (χ3v) is 4.34. The van der Waals surface area contributed by atoms with Crippen LogP contribution in [0, 0.1) is 11.6 Å². The standard InChI is InChI=1S/C17H23F2N7.HI/c1-3-20-17(21-11-16-23-22-12-24(16)2)26-8-6-25(7-9-26)15-10-13(18)4-5-14(15)19;/h4-5,10,12H,3,6-9,11H2,1-2H3,(H,20,21);1H. The minimum Gasteiger partial charge on any atom is -0.366 e. The van der Waals surface area contributed by atoms with E-state index in [0.717, 1.165) is 24.4 Å². The Morgan fingerprint density at radius 2 is 1.96 bits per heavy atom. The van der Waals surface area contributed by atoms with Gasteiger partial charge in [0.2, 0.25) is 0 Å². The number of nitrogens with zero attached hydrogens (tertiary/aromatic N) is 6. The number of benzene rings is 1. The number of anilines is 1. The van der Waals surface area contributed by atoms with E-state index in [1.807, 2.05) is 23.4 Å².